The van der Waals surface area contributed by atoms with Crippen molar-refractivity contribution in [3.05, 3.63) is 47.2 Å². The first kappa shape index (κ1) is 13.3. The minimum atomic E-state index is -0.213. The van der Waals surface area contributed by atoms with E-state index in [-0.39, 0.29) is 18.2 Å². The van der Waals surface area contributed by atoms with Crippen LogP contribution in [0.3, 0.4) is 0 Å². The second-order valence-corrected chi connectivity index (χ2v) is 4.47. The van der Waals surface area contributed by atoms with Crippen LogP contribution in [0.5, 0.6) is 0 Å². The van der Waals surface area contributed by atoms with Crippen LogP contribution in [-0.2, 0) is 11.3 Å². The summed E-state index contributed by atoms with van der Waals surface area (Å²) in [5.41, 5.74) is 1.24. The summed E-state index contributed by atoms with van der Waals surface area (Å²) >= 11 is 5.70. The van der Waals surface area contributed by atoms with Crippen molar-refractivity contribution in [1.29, 1.82) is 0 Å². The van der Waals surface area contributed by atoms with Crippen LogP contribution in [0, 0.1) is 0 Å². The maximum absolute atomic E-state index is 11.7. The topological polar surface area (TPSA) is 64.0 Å². The fourth-order valence-electron chi connectivity index (χ4n) is 1.56. The first-order chi connectivity index (χ1) is 9.04. The Labute approximate surface area is 115 Å². The van der Waals surface area contributed by atoms with Crippen molar-refractivity contribution in [3.8, 4) is 0 Å². The summed E-state index contributed by atoms with van der Waals surface area (Å²) < 4.78 is 1.45. The molecule has 5 nitrogen and oxygen atoms in total. The van der Waals surface area contributed by atoms with Gasteiger partial charge in [0.2, 0.25) is 5.91 Å². The molecule has 2 rings (SSSR count). The molecule has 0 spiro atoms. The molecule has 1 N–H and O–H groups in total. The molecular formula is C13H12ClN3O2. The number of amides is 1. The lowest BCUT2D eigenvalue weighted by atomic mass is 10.1. The normalized spacial score (nSPS) is 10.2. The standard InChI is InChI=1S/C13H12ClN3O2/c1-9(18)10-2-4-12(5-3-10)16-13(19)8-17-7-11(14)6-15-17/h2-7H,8H2,1H3,(H,16,19). The van der Waals surface area contributed by atoms with E-state index in [1.165, 1.54) is 17.8 Å². The Balaban J connectivity index is 1.97. The van der Waals surface area contributed by atoms with Crippen molar-refractivity contribution in [2.45, 2.75) is 13.5 Å². The Morgan fingerprint density at radius 3 is 2.53 bits per heavy atom. The SMILES string of the molecule is CC(=O)c1ccc(NC(=O)Cn2cc(Cl)cn2)cc1. The summed E-state index contributed by atoms with van der Waals surface area (Å²) in [6.45, 7) is 1.58. The fourth-order valence-corrected chi connectivity index (χ4v) is 1.72. The number of hydrogen-bond acceptors (Lipinski definition) is 3. The second kappa shape index (κ2) is 5.67. The molecule has 0 bridgehead atoms. The fraction of sp³-hybridized carbons (Fsp3) is 0.154. The monoisotopic (exact) mass is 277 g/mol. The zero-order valence-electron chi connectivity index (χ0n) is 10.3. The van der Waals surface area contributed by atoms with Crippen LogP contribution >= 0.6 is 11.6 Å². The van der Waals surface area contributed by atoms with Crippen LogP contribution in [0.4, 0.5) is 5.69 Å². The van der Waals surface area contributed by atoms with Crippen LogP contribution in [0.15, 0.2) is 36.7 Å². The van der Waals surface area contributed by atoms with Gasteiger partial charge in [0, 0.05) is 17.4 Å². The van der Waals surface area contributed by atoms with Crippen LogP contribution in [-0.4, -0.2) is 21.5 Å². The predicted molar refractivity (Wildman–Crippen MR) is 72.3 cm³/mol. The number of aromatic nitrogens is 2. The molecular weight excluding hydrogens is 266 g/mol. The molecule has 98 valence electrons. The average molecular weight is 278 g/mol. The van der Waals surface area contributed by atoms with E-state index in [9.17, 15) is 9.59 Å². The molecule has 0 saturated carbocycles. The number of nitrogens with one attached hydrogen (secondary N) is 1. The Kier molecular flexibility index (Phi) is 3.97. The number of hydrogen-bond donors (Lipinski definition) is 1. The molecule has 1 aromatic carbocycles. The summed E-state index contributed by atoms with van der Waals surface area (Å²) in [6, 6.07) is 6.71. The number of carbonyl (C=O) groups excluding carboxylic acids is 2. The lowest BCUT2D eigenvalue weighted by molar-refractivity contribution is -0.116. The Morgan fingerprint density at radius 2 is 2.00 bits per heavy atom. The highest BCUT2D eigenvalue weighted by Gasteiger charge is 2.05. The maximum Gasteiger partial charge on any atom is 0.246 e. The zero-order valence-corrected chi connectivity index (χ0v) is 11.0. The van der Waals surface area contributed by atoms with Crippen LogP contribution in [0.1, 0.15) is 17.3 Å². The maximum atomic E-state index is 11.7. The van der Waals surface area contributed by atoms with Crippen molar-refractivity contribution in [2.75, 3.05) is 5.32 Å². The zero-order chi connectivity index (χ0) is 13.8. The summed E-state index contributed by atoms with van der Waals surface area (Å²) in [7, 11) is 0. The number of anilines is 1. The van der Waals surface area contributed by atoms with Gasteiger partial charge in [-0.1, -0.05) is 11.6 Å². The van der Waals surface area contributed by atoms with E-state index >= 15 is 0 Å². The van der Waals surface area contributed by atoms with E-state index in [1.54, 1.807) is 30.5 Å². The molecule has 0 aliphatic rings. The predicted octanol–water partition coefficient (Wildman–Crippen LogP) is 2.38. The van der Waals surface area contributed by atoms with Gasteiger partial charge in [-0.05, 0) is 31.2 Å². The molecule has 1 amide bonds. The Bertz CT molecular complexity index is 605. The van der Waals surface area contributed by atoms with E-state index in [0.717, 1.165) is 0 Å². The van der Waals surface area contributed by atoms with Crippen LogP contribution in [0.2, 0.25) is 5.02 Å². The minimum absolute atomic E-state index is 0.0101. The largest absolute Gasteiger partial charge is 0.324 e. The molecule has 0 radical (unpaired) electrons. The van der Waals surface area contributed by atoms with E-state index < -0.39 is 0 Å². The van der Waals surface area contributed by atoms with Gasteiger partial charge in [-0.2, -0.15) is 5.10 Å². The van der Waals surface area contributed by atoms with Gasteiger partial charge in [-0.25, -0.2) is 0 Å². The molecule has 0 fully saturated rings. The first-order valence-corrected chi connectivity index (χ1v) is 6.01. The number of nitrogens with zero attached hydrogens (tertiary/aromatic N) is 2. The molecule has 0 aliphatic heterocycles. The van der Waals surface area contributed by atoms with Crippen molar-refractivity contribution in [3.63, 3.8) is 0 Å². The summed E-state index contributed by atoms with van der Waals surface area (Å²) in [4.78, 5) is 22.8. The van der Waals surface area contributed by atoms with Crippen molar-refractivity contribution in [2.24, 2.45) is 0 Å². The smallest absolute Gasteiger partial charge is 0.246 e. The van der Waals surface area contributed by atoms with Gasteiger partial charge in [0.05, 0.1) is 11.2 Å². The van der Waals surface area contributed by atoms with Gasteiger partial charge in [-0.3, -0.25) is 14.3 Å². The van der Waals surface area contributed by atoms with Gasteiger partial charge < -0.3 is 5.32 Å². The van der Waals surface area contributed by atoms with Crippen LogP contribution < -0.4 is 5.32 Å². The third-order valence-corrected chi connectivity index (χ3v) is 2.68. The van der Waals surface area contributed by atoms with E-state index in [4.69, 9.17) is 11.6 Å². The molecule has 0 saturated heterocycles. The van der Waals surface area contributed by atoms with Gasteiger partial charge in [0.1, 0.15) is 6.54 Å². The molecule has 2 aromatic rings. The molecule has 6 heteroatoms. The number of Topliss-reactive ketones (excluding diaryl/α,β-unsaturated/α-hetero) is 1. The summed E-state index contributed by atoms with van der Waals surface area (Å²) in [5.74, 6) is -0.223. The lowest BCUT2D eigenvalue weighted by Gasteiger charge is -2.05. The molecule has 0 aliphatic carbocycles. The molecule has 19 heavy (non-hydrogen) atoms. The van der Waals surface area contributed by atoms with Crippen LogP contribution in [0.25, 0.3) is 0 Å². The molecule has 1 heterocycles. The Hall–Kier alpha value is -2.14. The molecule has 1 aromatic heterocycles. The summed E-state index contributed by atoms with van der Waals surface area (Å²) in [5, 5.41) is 7.11. The highest BCUT2D eigenvalue weighted by molar-refractivity contribution is 6.30. The number of halogens is 1. The lowest BCUT2D eigenvalue weighted by Crippen LogP contribution is -2.18. The summed E-state index contributed by atoms with van der Waals surface area (Å²) in [6.07, 6.45) is 3.04. The van der Waals surface area contributed by atoms with E-state index in [1.807, 2.05) is 0 Å². The molecule has 0 atom stereocenters. The van der Waals surface area contributed by atoms with Crippen molar-refractivity contribution >= 4 is 29.0 Å². The highest BCUT2D eigenvalue weighted by atomic mass is 35.5. The molecule has 0 unspecified atom stereocenters. The quantitative estimate of drug-likeness (QED) is 0.873. The number of benzene rings is 1. The third kappa shape index (κ3) is 3.66. The van der Waals surface area contributed by atoms with E-state index in [2.05, 4.69) is 10.4 Å². The highest BCUT2D eigenvalue weighted by Crippen LogP contribution is 2.10. The van der Waals surface area contributed by atoms with Gasteiger partial charge in [-0.15, -0.1) is 0 Å². The average Bonchev–Trinajstić information content (AvgIpc) is 2.75. The number of rotatable bonds is 4. The van der Waals surface area contributed by atoms with Gasteiger partial charge >= 0.3 is 0 Å². The van der Waals surface area contributed by atoms with Crippen molar-refractivity contribution in [1.82, 2.24) is 9.78 Å². The van der Waals surface area contributed by atoms with Crippen molar-refractivity contribution < 1.29 is 9.59 Å². The van der Waals surface area contributed by atoms with Gasteiger partial charge in [0.15, 0.2) is 5.78 Å². The third-order valence-electron chi connectivity index (χ3n) is 2.48. The second-order valence-electron chi connectivity index (χ2n) is 4.04. The van der Waals surface area contributed by atoms with Gasteiger partial charge in [0.25, 0.3) is 0 Å². The minimum Gasteiger partial charge on any atom is -0.324 e. The number of carbonyl (C=O) groups is 2. The van der Waals surface area contributed by atoms with E-state index in [0.29, 0.717) is 16.3 Å². The number of ketones is 1. The first-order valence-electron chi connectivity index (χ1n) is 5.63. The Morgan fingerprint density at radius 1 is 1.32 bits per heavy atom.